The van der Waals surface area contributed by atoms with Crippen LogP contribution in [0.5, 0.6) is 0 Å². The van der Waals surface area contributed by atoms with Crippen LogP contribution in [0.25, 0.3) is 0 Å². The van der Waals surface area contributed by atoms with E-state index in [4.69, 9.17) is 0 Å². The molecule has 5 atom stereocenters. The molecule has 1 heterocycles. The van der Waals surface area contributed by atoms with E-state index in [-0.39, 0.29) is 35.3 Å². The number of halogens is 3. The summed E-state index contributed by atoms with van der Waals surface area (Å²) in [7, 11) is 0. The maximum atomic E-state index is 13.1. The topological polar surface area (TPSA) is 37.4 Å². The molecule has 28 heavy (non-hydrogen) atoms. The lowest BCUT2D eigenvalue weighted by molar-refractivity contribution is -0.137. The number of amides is 2. The van der Waals surface area contributed by atoms with Gasteiger partial charge in [-0.3, -0.25) is 14.5 Å². The summed E-state index contributed by atoms with van der Waals surface area (Å²) in [5.74, 6) is -1.09. The molecule has 2 bridgehead atoms. The Kier molecular flexibility index (Phi) is 3.70. The first-order chi connectivity index (χ1) is 13.4. The van der Waals surface area contributed by atoms with Crippen LogP contribution in [0.4, 0.5) is 18.9 Å². The minimum Gasteiger partial charge on any atom is -0.274 e. The molecule has 3 aliphatic rings. The average molecular weight is 385 g/mol. The van der Waals surface area contributed by atoms with Crippen molar-refractivity contribution in [3.05, 3.63) is 65.7 Å². The molecule has 2 amide bonds. The number of imide groups is 1. The number of carbonyl (C=O) groups excluding carboxylic acids is 2. The van der Waals surface area contributed by atoms with Crippen LogP contribution in [0.15, 0.2) is 54.6 Å². The van der Waals surface area contributed by atoms with Gasteiger partial charge in [0.05, 0.1) is 23.1 Å². The quantitative estimate of drug-likeness (QED) is 0.707. The maximum Gasteiger partial charge on any atom is 0.416 e. The number of nitrogens with zero attached hydrogens (tertiary/aromatic N) is 1. The number of benzene rings is 2. The highest BCUT2D eigenvalue weighted by molar-refractivity contribution is 6.22. The number of alkyl halides is 3. The summed E-state index contributed by atoms with van der Waals surface area (Å²) < 4.78 is 39.2. The second kappa shape index (κ2) is 5.93. The molecule has 144 valence electrons. The highest BCUT2D eigenvalue weighted by atomic mass is 19.4. The predicted molar refractivity (Wildman–Crippen MR) is 96.3 cm³/mol. The Balaban J connectivity index is 1.48. The lowest BCUT2D eigenvalue weighted by atomic mass is 9.73. The standard InChI is InChI=1S/C22H18F3NO2/c23-22(24,25)14-7-4-8-15(11-14)26-20(27)18-13-9-16(12-5-2-1-3-6-12)17(10-13)19(18)21(26)28/h1-8,11,13,16-19H,9-10H2/t13-,16-,17-,18-,19+/m0/s1. The molecule has 3 fully saturated rings. The maximum absolute atomic E-state index is 13.1. The van der Waals surface area contributed by atoms with Crippen molar-refractivity contribution >= 4 is 17.5 Å². The number of carbonyl (C=O) groups is 2. The molecule has 3 nitrogen and oxygen atoms in total. The molecule has 5 rings (SSSR count). The van der Waals surface area contributed by atoms with Crippen molar-refractivity contribution in [2.75, 3.05) is 4.90 Å². The van der Waals surface area contributed by atoms with Crippen molar-refractivity contribution in [3.8, 4) is 0 Å². The summed E-state index contributed by atoms with van der Waals surface area (Å²) in [4.78, 5) is 27.2. The van der Waals surface area contributed by atoms with Gasteiger partial charge < -0.3 is 0 Å². The molecule has 0 N–H and O–H groups in total. The van der Waals surface area contributed by atoms with Gasteiger partial charge in [0, 0.05) is 0 Å². The smallest absolute Gasteiger partial charge is 0.274 e. The molecule has 1 aliphatic heterocycles. The van der Waals surface area contributed by atoms with Crippen LogP contribution < -0.4 is 4.90 Å². The summed E-state index contributed by atoms with van der Waals surface area (Å²) in [5.41, 5.74) is 0.342. The van der Waals surface area contributed by atoms with Gasteiger partial charge in [-0.2, -0.15) is 13.2 Å². The van der Waals surface area contributed by atoms with Gasteiger partial charge in [0.1, 0.15) is 0 Å². The van der Waals surface area contributed by atoms with Gasteiger partial charge in [0.15, 0.2) is 0 Å². The van der Waals surface area contributed by atoms with Gasteiger partial charge in [-0.15, -0.1) is 0 Å². The summed E-state index contributed by atoms with van der Waals surface area (Å²) in [6.45, 7) is 0. The fourth-order valence-corrected chi connectivity index (χ4v) is 5.62. The molecular formula is C22H18F3NO2. The third kappa shape index (κ3) is 2.43. The van der Waals surface area contributed by atoms with Crippen LogP contribution in [0.3, 0.4) is 0 Å². The monoisotopic (exact) mass is 385 g/mol. The fourth-order valence-electron chi connectivity index (χ4n) is 5.62. The Bertz CT molecular complexity index is 956. The highest BCUT2D eigenvalue weighted by Gasteiger charge is 2.64. The number of hydrogen-bond acceptors (Lipinski definition) is 2. The van der Waals surface area contributed by atoms with Crippen molar-refractivity contribution in [2.45, 2.75) is 24.9 Å². The van der Waals surface area contributed by atoms with Crippen molar-refractivity contribution in [2.24, 2.45) is 23.7 Å². The lowest BCUT2D eigenvalue weighted by Gasteiger charge is -2.28. The first kappa shape index (κ1) is 17.5. The molecule has 0 aromatic heterocycles. The zero-order valence-corrected chi connectivity index (χ0v) is 14.9. The normalized spacial score (nSPS) is 31.5. The van der Waals surface area contributed by atoms with Gasteiger partial charge in [-0.25, -0.2) is 0 Å². The van der Waals surface area contributed by atoms with E-state index in [1.807, 2.05) is 30.3 Å². The number of fused-ring (bicyclic) bond motifs is 5. The van der Waals surface area contributed by atoms with Gasteiger partial charge in [-0.1, -0.05) is 36.4 Å². The molecule has 6 heteroatoms. The third-order valence-electron chi connectivity index (χ3n) is 6.67. The van der Waals surface area contributed by atoms with E-state index in [0.29, 0.717) is 0 Å². The largest absolute Gasteiger partial charge is 0.416 e. The van der Waals surface area contributed by atoms with E-state index in [1.54, 1.807) is 0 Å². The highest BCUT2D eigenvalue weighted by Crippen LogP contribution is 2.61. The second-order valence-corrected chi connectivity index (χ2v) is 8.02. The number of hydrogen-bond donors (Lipinski definition) is 0. The molecule has 2 aromatic rings. The SMILES string of the molecule is O=C1[C@@H]2[C@H]3C[C@H](C[C@H]3c3ccccc3)[C@@H]2C(=O)N1c1cccc(C(F)(F)F)c1. The number of anilines is 1. The Morgan fingerprint density at radius 1 is 0.857 bits per heavy atom. The van der Waals surface area contributed by atoms with E-state index in [0.717, 1.165) is 29.9 Å². The summed E-state index contributed by atoms with van der Waals surface area (Å²) in [5, 5.41) is 0. The van der Waals surface area contributed by atoms with Gasteiger partial charge in [-0.05, 0) is 54.4 Å². The van der Waals surface area contributed by atoms with Crippen LogP contribution in [0.1, 0.15) is 29.9 Å². The Morgan fingerprint density at radius 3 is 2.29 bits per heavy atom. The van der Waals surface area contributed by atoms with Crippen LogP contribution >= 0.6 is 0 Å². The summed E-state index contributed by atoms with van der Waals surface area (Å²) >= 11 is 0. The predicted octanol–water partition coefficient (Wildman–Crippen LogP) is 4.63. The molecule has 0 radical (unpaired) electrons. The van der Waals surface area contributed by atoms with Crippen molar-refractivity contribution in [1.29, 1.82) is 0 Å². The molecule has 2 saturated carbocycles. The first-order valence-electron chi connectivity index (χ1n) is 9.46. The minimum absolute atomic E-state index is 0.0230. The molecule has 1 saturated heterocycles. The number of rotatable bonds is 2. The second-order valence-electron chi connectivity index (χ2n) is 8.02. The Labute approximate surface area is 160 Å². The van der Waals surface area contributed by atoms with E-state index < -0.39 is 23.6 Å². The zero-order chi connectivity index (χ0) is 19.6. The van der Waals surface area contributed by atoms with Gasteiger partial charge >= 0.3 is 6.18 Å². The van der Waals surface area contributed by atoms with E-state index in [9.17, 15) is 22.8 Å². The van der Waals surface area contributed by atoms with Crippen LogP contribution in [-0.2, 0) is 15.8 Å². The van der Waals surface area contributed by atoms with Crippen LogP contribution in [0.2, 0.25) is 0 Å². The van der Waals surface area contributed by atoms with Crippen LogP contribution in [-0.4, -0.2) is 11.8 Å². The van der Waals surface area contributed by atoms with Crippen LogP contribution in [0, 0.1) is 23.7 Å². The molecule has 0 unspecified atom stereocenters. The third-order valence-corrected chi connectivity index (χ3v) is 6.67. The van der Waals surface area contributed by atoms with Gasteiger partial charge in [0.25, 0.3) is 0 Å². The summed E-state index contributed by atoms with van der Waals surface area (Å²) in [6, 6.07) is 14.5. The molecule has 0 spiro atoms. The van der Waals surface area contributed by atoms with Crippen molar-refractivity contribution in [3.63, 3.8) is 0 Å². The first-order valence-corrected chi connectivity index (χ1v) is 9.46. The lowest BCUT2D eigenvalue weighted by Crippen LogP contribution is -2.33. The van der Waals surface area contributed by atoms with Crippen molar-refractivity contribution in [1.82, 2.24) is 0 Å². The zero-order valence-electron chi connectivity index (χ0n) is 14.9. The minimum atomic E-state index is -4.52. The van der Waals surface area contributed by atoms with Crippen molar-refractivity contribution < 1.29 is 22.8 Å². The molecule has 2 aliphatic carbocycles. The Hall–Kier alpha value is -2.63. The van der Waals surface area contributed by atoms with E-state index in [1.165, 1.54) is 17.7 Å². The van der Waals surface area contributed by atoms with E-state index >= 15 is 0 Å². The summed E-state index contributed by atoms with van der Waals surface area (Å²) in [6.07, 6.45) is -2.83. The molecule has 2 aromatic carbocycles. The average Bonchev–Trinajstić information content (AvgIpc) is 3.33. The molecular weight excluding hydrogens is 367 g/mol. The van der Waals surface area contributed by atoms with Gasteiger partial charge in [0.2, 0.25) is 11.8 Å². The van der Waals surface area contributed by atoms with E-state index in [2.05, 4.69) is 0 Å². The Morgan fingerprint density at radius 2 is 1.57 bits per heavy atom. The fraction of sp³-hybridized carbons (Fsp3) is 0.364.